The van der Waals surface area contributed by atoms with Gasteiger partial charge in [-0.3, -0.25) is 9.59 Å². The summed E-state index contributed by atoms with van der Waals surface area (Å²) in [4.78, 5) is 36.7. The molecule has 8 nitrogen and oxygen atoms in total. The maximum absolute atomic E-state index is 12.6. The number of unbranched alkanes of at least 4 members (excludes halogenated alkanes) is 12. The third kappa shape index (κ3) is 31.0. The Morgan fingerprint density at radius 1 is 0.600 bits per heavy atom. The minimum Gasteiger partial charge on any atom is -0.477 e. The van der Waals surface area contributed by atoms with E-state index < -0.39 is 18.1 Å². The Hall–Kier alpha value is -2.97. The van der Waals surface area contributed by atoms with E-state index in [9.17, 15) is 19.5 Å². The summed E-state index contributed by atoms with van der Waals surface area (Å²) in [6.07, 6.45) is 38.5. The Morgan fingerprint density at radius 2 is 1.12 bits per heavy atom. The van der Waals surface area contributed by atoms with Crippen LogP contribution in [0.4, 0.5) is 0 Å². The Bertz CT molecular complexity index is 1010. The molecular weight excluding hydrogens is 630 g/mol. The smallest absolute Gasteiger partial charge is 0.362 e. The molecular formula is C42H72NO7+. The van der Waals surface area contributed by atoms with Gasteiger partial charge in [0.25, 0.3) is 0 Å². The predicted octanol–water partition coefficient (Wildman–Crippen LogP) is 9.85. The zero-order valence-corrected chi connectivity index (χ0v) is 32.3. The molecule has 0 saturated carbocycles. The lowest BCUT2D eigenvalue weighted by Crippen LogP contribution is -2.50. The van der Waals surface area contributed by atoms with Crippen LogP contribution in [0.5, 0.6) is 0 Å². The fourth-order valence-corrected chi connectivity index (χ4v) is 5.18. The molecule has 0 spiro atoms. The van der Waals surface area contributed by atoms with Crippen LogP contribution in [0.25, 0.3) is 0 Å². The van der Waals surface area contributed by atoms with Crippen LogP contribution < -0.4 is 0 Å². The van der Waals surface area contributed by atoms with Gasteiger partial charge in [-0.15, -0.1) is 0 Å². The highest BCUT2D eigenvalue weighted by Gasteiger charge is 2.31. The third-order valence-electron chi connectivity index (χ3n) is 8.25. The molecule has 0 saturated heterocycles. The van der Waals surface area contributed by atoms with E-state index in [2.05, 4.69) is 56.4 Å². The lowest BCUT2D eigenvalue weighted by atomic mass is 10.1. The first kappa shape index (κ1) is 47.0. The zero-order chi connectivity index (χ0) is 37.1. The molecule has 0 heterocycles. The van der Waals surface area contributed by atoms with Crippen molar-refractivity contribution in [1.29, 1.82) is 0 Å². The van der Waals surface area contributed by atoms with E-state index in [1.54, 1.807) is 0 Å². The molecule has 0 aromatic rings. The van der Waals surface area contributed by atoms with E-state index in [1.165, 1.54) is 38.5 Å². The second-order valence-corrected chi connectivity index (χ2v) is 13.9. The van der Waals surface area contributed by atoms with Crippen LogP contribution >= 0.6 is 0 Å². The van der Waals surface area contributed by atoms with Gasteiger partial charge in [0.1, 0.15) is 6.61 Å². The lowest BCUT2D eigenvalue weighted by Gasteiger charge is -2.31. The monoisotopic (exact) mass is 703 g/mol. The van der Waals surface area contributed by atoms with Gasteiger partial charge in [-0.25, -0.2) is 4.79 Å². The topological polar surface area (TPSA) is 99.1 Å². The van der Waals surface area contributed by atoms with Gasteiger partial charge in [0.05, 0.1) is 34.4 Å². The fourth-order valence-electron chi connectivity index (χ4n) is 5.18. The number of hydrogen-bond acceptors (Lipinski definition) is 6. The molecule has 50 heavy (non-hydrogen) atoms. The molecule has 1 N–H and O–H groups in total. The van der Waals surface area contributed by atoms with E-state index in [-0.39, 0.29) is 42.7 Å². The van der Waals surface area contributed by atoms with E-state index in [0.717, 1.165) is 57.8 Å². The van der Waals surface area contributed by atoms with Crippen molar-refractivity contribution in [3.05, 3.63) is 60.8 Å². The molecule has 0 aliphatic heterocycles. The number of esters is 2. The largest absolute Gasteiger partial charge is 0.477 e. The number of allylic oxidation sites excluding steroid dienone is 10. The standard InChI is InChI=1S/C42H71NO7/c1-6-8-10-12-14-16-17-18-19-20-21-22-23-24-25-27-29-31-33-41(45)50-38(36-48-35-34-39(42(46)47)43(3,4)5)37-49-40(44)32-30-28-26-15-13-11-9-7-2/h14,16-22,26,28,38-39H,6-13,15,23-25,27,29-37H2,1-5H3/p+1/b16-14+,18-17+,20-19+,22-21+,28-26+. The third-order valence-corrected chi connectivity index (χ3v) is 8.25. The summed E-state index contributed by atoms with van der Waals surface area (Å²) in [5.41, 5.74) is 0. The van der Waals surface area contributed by atoms with Crippen LogP contribution in [0.1, 0.15) is 136 Å². The number of aliphatic carboxylic acids is 1. The predicted molar refractivity (Wildman–Crippen MR) is 206 cm³/mol. The summed E-state index contributed by atoms with van der Waals surface area (Å²) in [6.45, 7) is 4.56. The summed E-state index contributed by atoms with van der Waals surface area (Å²) in [5.74, 6) is -1.57. The quantitative estimate of drug-likeness (QED) is 0.0239. The van der Waals surface area contributed by atoms with E-state index >= 15 is 0 Å². The second kappa shape index (κ2) is 33.2. The number of quaternary nitrogens is 1. The summed E-state index contributed by atoms with van der Waals surface area (Å²) in [7, 11) is 5.49. The molecule has 0 rings (SSSR count). The molecule has 0 amide bonds. The van der Waals surface area contributed by atoms with Gasteiger partial charge in [-0.1, -0.05) is 126 Å². The first-order valence-corrected chi connectivity index (χ1v) is 19.4. The normalized spacial score (nSPS) is 13.7. The van der Waals surface area contributed by atoms with E-state index in [4.69, 9.17) is 14.2 Å². The highest BCUT2D eigenvalue weighted by molar-refractivity contribution is 5.72. The number of hydrogen-bond donors (Lipinski definition) is 1. The van der Waals surface area contributed by atoms with Crippen molar-refractivity contribution in [2.45, 2.75) is 148 Å². The van der Waals surface area contributed by atoms with Gasteiger partial charge >= 0.3 is 17.9 Å². The van der Waals surface area contributed by atoms with Crippen LogP contribution in [-0.4, -0.2) is 80.6 Å². The second-order valence-electron chi connectivity index (χ2n) is 13.9. The van der Waals surface area contributed by atoms with Crippen molar-refractivity contribution >= 4 is 17.9 Å². The van der Waals surface area contributed by atoms with E-state index in [0.29, 0.717) is 19.3 Å². The molecule has 8 heteroatoms. The average molecular weight is 703 g/mol. The number of carbonyl (C=O) groups excluding carboxylic acids is 2. The van der Waals surface area contributed by atoms with Crippen molar-refractivity contribution in [2.75, 3.05) is 41.0 Å². The summed E-state index contributed by atoms with van der Waals surface area (Å²) >= 11 is 0. The number of rotatable bonds is 33. The molecule has 0 aliphatic rings. The SMILES string of the molecule is CCCCC/C=C/C=C/C=C/C=C/CCCCCCCC(=O)OC(COCCC(C(=O)O)[N+](C)(C)C)COC(=O)CC/C=C/CCCCCC. The molecule has 0 radical (unpaired) electrons. The van der Waals surface area contributed by atoms with Crippen molar-refractivity contribution in [2.24, 2.45) is 0 Å². The van der Waals surface area contributed by atoms with Crippen molar-refractivity contribution < 1.29 is 38.2 Å². The number of carboxylic acids is 1. The number of ether oxygens (including phenoxy) is 3. The highest BCUT2D eigenvalue weighted by atomic mass is 16.6. The van der Waals surface area contributed by atoms with Crippen LogP contribution in [0.3, 0.4) is 0 Å². The van der Waals surface area contributed by atoms with Crippen molar-refractivity contribution in [3.63, 3.8) is 0 Å². The molecule has 2 atom stereocenters. The Morgan fingerprint density at radius 3 is 1.74 bits per heavy atom. The summed E-state index contributed by atoms with van der Waals surface area (Å²) in [5, 5.41) is 9.57. The molecule has 0 bridgehead atoms. The Labute approximate surface area is 305 Å². The molecule has 2 unspecified atom stereocenters. The highest BCUT2D eigenvalue weighted by Crippen LogP contribution is 2.12. The maximum Gasteiger partial charge on any atom is 0.362 e. The van der Waals surface area contributed by atoms with Crippen LogP contribution in [-0.2, 0) is 28.6 Å². The van der Waals surface area contributed by atoms with Crippen LogP contribution in [0.2, 0.25) is 0 Å². The van der Waals surface area contributed by atoms with Crippen molar-refractivity contribution in [3.8, 4) is 0 Å². The van der Waals surface area contributed by atoms with Gasteiger partial charge in [-0.05, 0) is 51.4 Å². The van der Waals surface area contributed by atoms with Gasteiger partial charge in [0.2, 0.25) is 0 Å². The number of nitrogens with zero attached hydrogens (tertiary/aromatic N) is 1. The average Bonchev–Trinajstić information content (AvgIpc) is 3.06. The minimum absolute atomic E-state index is 0.0370. The summed E-state index contributed by atoms with van der Waals surface area (Å²) < 4.78 is 17.1. The van der Waals surface area contributed by atoms with Crippen LogP contribution in [0, 0.1) is 0 Å². The number of carbonyl (C=O) groups is 3. The summed E-state index contributed by atoms with van der Waals surface area (Å²) in [6, 6.07) is -0.624. The van der Waals surface area contributed by atoms with Gasteiger partial charge in [-0.2, -0.15) is 0 Å². The lowest BCUT2D eigenvalue weighted by molar-refractivity contribution is -0.887. The number of carboxylic acid groups (broad SMARTS) is 1. The fraction of sp³-hybridized carbons (Fsp3) is 0.690. The van der Waals surface area contributed by atoms with Crippen LogP contribution in [0.15, 0.2) is 60.8 Å². The van der Waals surface area contributed by atoms with E-state index in [1.807, 2.05) is 39.4 Å². The van der Waals surface area contributed by atoms with Gasteiger partial charge < -0.3 is 23.8 Å². The Balaban J connectivity index is 4.47. The molecule has 0 aromatic carbocycles. The van der Waals surface area contributed by atoms with Gasteiger partial charge in [0, 0.05) is 19.3 Å². The number of likely N-dealkylation sites (N-methyl/N-ethyl adjacent to an activating group) is 1. The molecule has 286 valence electrons. The zero-order valence-electron chi connectivity index (χ0n) is 32.3. The molecule has 0 aromatic heterocycles. The van der Waals surface area contributed by atoms with Gasteiger partial charge in [0.15, 0.2) is 12.1 Å². The maximum atomic E-state index is 12.6. The van der Waals surface area contributed by atoms with Crippen molar-refractivity contribution in [1.82, 2.24) is 0 Å². The first-order chi connectivity index (χ1) is 24.1. The minimum atomic E-state index is -0.887. The first-order valence-electron chi connectivity index (χ1n) is 19.4. The Kier molecular flexibility index (Phi) is 31.2. The molecule has 0 fully saturated rings. The molecule has 0 aliphatic carbocycles.